The number of methoxy groups -OCH3 is 1. The molecule has 148 valence electrons. The first-order valence-corrected chi connectivity index (χ1v) is 9.14. The molecule has 0 bridgehead atoms. The number of nitrogens with zero attached hydrogens (tertiary/aromatic N) is 2. The molecule has 6 nitrogen and oxygen atoms in total. The van der Waals surface area contributed by atoms with Gasteiger partial charge >= 0.3 is 0 Å². The maximum absolute atomic E-state index is 6.26. The van der Waals surface area contributed by atoms with Crippen molar-refractivity contribution in [1.82, 2.24) is 10.1 Å². The van der Waals surface area contributed by atoms with Crippen LogP contribution in [0.25, 0.3) is 11.5 Å². The van der Waals surface area contributed by atoms with E-state index in [4.69, 9.17) is 31.3 Å². The number of ether oxygens (including phenoxy) is 2. The minimum atomic E-state index is -0.451. The van der Waals surface area contributed by atoms with Gasteiger partial charge in [-0.1, -0.05) is 28.9 Å². The summed E-state index contributed by atoms with van der Waals surface area (Å²) in [6.45, 7) is 0.410. The molecule has 0 unspecified atom stereocenters. The van der Waals surface area contributed by atoms with Crippen LogP contribution in [-0.4, -0.2) is 17.3 Å². The standard InChI is InChI=1S/C20H20ClN3O3.ClH/c1-25-17-11-14(18-23-19(24-27-18)20(22)9-2-10-20)5-8-16(17)26-12-13-3-6-15(21)7-4-13;/h3-8,11H,2,9-10,12,22H2,1H3;1H. The summed E-state index contributed by atoms with van der Waals surface area (Å²) < 4.78 is 16.7. The Labute approximate surface area is 174 Å². The van der Waals surface area contributed by atoms with Crippen molar-refractivity contribution in [3.8, 4) is 23.0 Å². The number of aromatic nitrogens is 2. The largest absolute Gasteiger partial charge is 0.493 e. The molecule has 1 aliphatic rings. The van der Waals surface area contributed by atoms with Crippen molar-refractivity contribution in [3.63, 3.8) is 0 Å². The maximum atomic E-state index is 6.26. The van der Waals surface area contributed by atoms with Crippen LogP contribution in [0.1, 0.15) is 30.7 Å². The molecule has 8 heteroatoms. The highest BCUT2D eigenvalue weighted by atomic mass is 35.5. The molecule has 0 radical (unpaired) electrons. The van der Waals surface area contributed by atoms with Crippen LogP contribution in [0.15, 0.2) is 47.0 Å². The van der Waals surface area contributed by atoms with Crippen LogP contribution in [0.5, 0.6) is 11.5 Å². The summed E-state index contributed by atoms with van der Waals surface area (Å²) >= 11 is 5.91. The van der Waals surface area contributed by atoms with Crippen LogP contribution in [0.3, 0.4) is 0 Å². The Bertz CT molecular complexity index is 940. The summed E-state index contributed by atoms with van der Waals surface area (Å²) in [6, 6.07) is 13.0. The van der Waals surface area contributed by atoms with Crippen molar-refractivity contribution in [2.24, 2.45) is 5.73 Å². The van der Waals surface area contributed by atoms with Crippen LogP contribution in [0, 0.1) is 0 Å². The van der Waals surface area contributed by atoms with E-state index in [1.807, 2.05) is 42.5 Å². The number of benzene rings is 2. The number of hydrogen-bond acceptors (Lipinski definition) is 6. The normalized spacial score (nSPS) is 14.7. The molecule has 1 heterocycles. The first-order chi connectivity index (χ1) is 13.1. The third-order valence-electron chi connectivity index (χ3n) is 4.84. The Kier molecular flexibility index (Phi) is 6.13. The third-order valence-corrected chi connectivity index (χ3v) is 5.09. The summed E-state index contributed by atoms with van der Waals surface area (Å²) in [7, 11) is 1.59. The van der Waals surface area contributed by atoms with Crippen molar-refractivity contribution in [1.29, 1.82) is 0 Å². The van der Waals surface area contributed by atoms with Gasteiger partial charge < -0.3 is 19.7 Å². The SMILES string of the molecule is COc1cc(-c2nc(C3(N)CCC3)no2)ccc1OCc1ccc(Cl)cc1.Cl. The van der Waals surface area contributed by atoms with Gasteiger partial charge in [-0.2, -0.15) is 4.98 Å². The molecule has 1 fully saturated rings. The summed E-state index contributed by atoms with van der Waals surface area (Å²) in [5, 5.41) is 4.75. The Morgan fingerprint density at radius 2 is 1.89 bits per heavy atom. The van der Waals surface area contributed by atoms with Gasteiger partial charge in [0.25, 0.3) is 5.89 Å². The zero-order valence-corrected chi connectivity index (χ0v) is 16.9. The quantitative estimate of drug-likeness (QED) is 0.618. The highest BCUT2D eigenvalue weighted by molar-refractivity contribution is 6.30. The Morgan fingerprint density at radius 1 is 1.14 bits per heavy atom. The smallest absolute Gasteiger partial charge is 0.258 e. The van der Waals surface area contributed by atoms with Gasteiger partial charge in [0.15, 0.2) is 17.3 Å². The molecule has 2 aromatic carbocycles. The van der Waals surface area contributed by atoms with E-state index in [-0.39, 0.29) is 12.4 Å². The second kappa shape index (κ2) is 8.39. The molecule has 0 saturated heterocycles. The van der Waals surface area contributed by atoms with Crippen molar-refractivity contribution in [2.45, 2.75) is 31.4 Å². The highest BCUT2D eigenvalue weighted by Gasteiger charge is 2.39. The van der Waals surface area contributed by atoms with Crippen LogP contribution in [0.4, 0.5) is 0 Å². The molecule has 3 aromatic rings. The van der Waals surface area contributed by atoms with E-state index in [1.165, 1.54) is 0 Å². The lowest BCUT2D eigenvalue weighted by Crippen LogP contribution is -2.44. The molecule has 1 aromatic heterocycles. The molecule has 0 atom stereocenters. The minimum Gasteiger partial charge on any atom is -0.493 e. The molecule has 2 N–H and O–H groups in total. The van der Waals surface area contributed by atoms with E-state index < -0.39 is 5.54 Å². The van der Waals surface area contributed by atoms with Gasteiger partial charge in [-0.3, -0.25) is 0 Å². The van der Waals surface area contributed by atoms with Crippen LogP contribution < -0.4 is 15.2 Å². The summed E-state index contributed by atoms with van der Waals surface area (Å²) in [5.41, 5.74) is 7.58. The number of rotatable bonds is 6. The molecule has 0 amide bonds. The monoisotopic (exact) mass is 421 g/mol. The first-order valence-electron chi connectivity index (χ1n) is 8.76. The molecule has 0 aliphatic heterocycles. The van der Waals surface area contributed by atoms with E-state index in [0.717, 1.165) is 30.4 Å². The minimum absolute atomic E-state index is 0. The van der Waals surface area contributed by atoms with E-state index in [9.17, 15) is 0 Å². The van der Waals surface area contributed by atoms with E-state index >= 15 is 0 Å². The Morgan fingerprint density at radius 3 is 2.54 bits per heavy atom. The van der Waals surface area contributed by atoms with Crippen molar-refractivity contribution in [2.75, 3.05) is 7.11 Å². The van der Waals surface area contributed by atoms with E-state index in [1.54, 1.807) is 7.11 Å². The predicted molar refractivity (Wildman–Crippen MR) is 109 cm³/mol. The van der Waals surface area contributed by atoms with Crippen LogP contribution in [-0.2, 0) is 12.1 Å². The van der Waals surface area contributed by atoms with Crippen molar-refractivity contribution < 1.29 is 14.0 Å². The number of hydrogen-bond donors (Lipinski definition) is 1. The zero-order valence-electron chi connectivity index (χ0n) is 15.4. The van der Waals surface area contributed by atoms with E-state index in [0.29, 0.717) is 34.8 Å². The lowest BCUT2D eigenvalue weighted by molar-refractivity contribution is 0.229. The number of halogens is 2. The second-order valence-electron chi connectivity index (χ2n) is 6.71. The zero-order chi connectivity index (χ0) is 18.9. The summed E-state index contributed by atoms with van der Waals surface area (Å²) in [6.07, 6.45) is 2.85. The van der Waals surface area contributed by atoms with Gasteiger partial charge in [0.05, 0.1) is 12.6 Å². The molecule has 1 saturated carbocycles. The van der Waals surface area contributed by atoms with Gasteiger partial charge in [-0.25, -0.2) is 0 Å². The third kappa shape index (κ3) is 4.09. The van der Waals surface area contributed by atoms with E-state index in [2.05, 4.69) is 10.1 Å². The van der Waals surface area contributed by atoms with Gasteiger partial charge in [0.2, 0.25) is 0 Å². The van der Waals surface area contributed by atoms with Crippen molar-refractivity contribution in [3.05, 3.63) is 58.9 Å². The highest BCUT2D eigenvalue weighted by Crippen LogP contribution is 2.38. The van der Waals surface area contributed by atoms with Gasteiger partial charge in [-0.15, -0.1) is 12.4 Å². The number of nitrogens with two attached hydrogens (primary N) is 1. The van der Waals surface area contributed by atoms with Crippen LogP contribution >= 0.6 is 24.0 Å². The van der Waals surface area contributed by atoms with Crippen LogP contribution in [0.2, 0.25) is 5.02 Å². The van der Waals surface area contributed by atoms with Crippen molar-refractivity contribution >= 4 is 24.0 Å². The maximum Gasteiger partial charge on any atom is 0.258 e. The topological polar surface area (TPSA) is 83.4 Å². The van der Waals surface area contributed by atoms with Gasteiger partial charge in [0.1, 0.15) is 6.61 Å². The fraction of sp³-hybridized carbons (Fsp3) is 0.300. The first kappa shape index (κ1) is 20.5. The molecule has 0 spiro atoms. The molecular formula is C20H21Cl2N3O3. The molecule has 1 aliphatic carbocycles. The summed E-state index contributed by atoms with van der Waals surface area (Å²) in [5.74, 6) is 2.20. The summed E-state index contributed by atoms with van der Waals surface area (Å²) in [4.78, 5) is 4.47. The predicted octanol–water partition coefficient (Wildman–Crippen LogP) is 4.74. The molecule has 4 rings (SSSR count). The molecular weight excluding hydrogens is 401 g/mol. The lowest BCUT2D eigenvalue weighted by Gasteiger charge is -2.34. The lowest BCUT2D eigenvalue weighted by atomic mass is 9.77. The van der Waals surface area contributed by atoms with Gasteiger partial charge in [0, 0.05) is 10.6 Å². The fourth-order valence-corrected chi connectivity index (χ4v) is 3.11. The second-order valence-corrected chi connectivity index (χ2v) is 7.15. The molecule has 28 heavy (non-hydrogen) atoms. The van der Waals surface area contributed by atoms with Gasteiger partial charge in [-0.05, 0) is 55.2 Å². The Balaban J connectivity index is 0.00000225. The fourth-order valence-electron chi connectivity index (χ4n) is 2.99. The Hall–Kier alpha value is -2.28. The average molecular weight is 422 g/mol. The average Bonchev–Trinajstić information content (AvgIpc) is 3.16.